The molecule has 5 aromatic rings. The minimum Gasteiger partial charge on any atom is -0.507 e. The van der Waals surface area contributed by atoms with Gasteiger partial charge in [0.15, 0.2) is 0 Å². The van der Waals surface area contributed by atoms with Crippen LogP contribution < -0.4 is 4.52 Å². The Morgan fingerprint density at radius 3 is 1.22 bits per heavy atom. The van der Waals surface area contributed by atoms with Crippen molar-refractivity contribution in [2.75, 3.05) is 0 Å². The van der Waals surface area contributed by atoms with Crippen LogP contribution in [-0.4, -0.2) is 5.11 Å². The maximum atomic E-state index is 12.1. The van der Waals surface area contributed by atoms with Crippen molar-refractivity contribution in [3.05, 3.63) is 93.0 Å². The Morgan fingerprint density at radius 1 is 0.475 bits per heavy atom. The molecule has 4 nitrogen and oxygen atoms in total. The summed E-state index contributed by atoms with van der Waals surface area (Å²) in [6.07, 6.45) is 3.87. The predicted octanol–water partition coefficient (Wildman–Crippen LogP) is 17.5. The molecule has 4 aromatic carbocycles. The topological polar surface area (TPSA) is 55.7 Å². The average Bonchev–Trinajstić information content (AvgIpc) is 3.30. The number of aromatic hydroxyl groups is 1. The fraction of sp³-hybridized carbons (Fsp3) is 0.556. The summed E-state index contributed by atoms with van der Waals surface area (Å²) in [6, 6.07) is 18.1. The second-order valence-electron chi connectivity index (χ2n) is 22.1. The van der Waals surface area contributed by atoms with Gasteiger partial charge in [-0.1, -0.05) is 149 Å². The molecule has 1 N–H and O–H groups in total. The first-order valence-electron chi connectivity index (χ1n) is 22.2. The van der Waals surface area contributed by atoms with Crippen LogP contribution in [0.3, 0.4) is 0 Å². The molecular weight excluding hydrogens is 744 g/mol. The van der Waals surface area contributed by atoms with E-state index in [2.05, 4.69) is 187 Å². The van der Waals surface area contributed by atoms with E-state index in [0.29, 0.717) is 5.75 Å². The normalized spacial score (nSPS) is 13.4. The number of benzene rings is 4. The van der Waals surface area contributed by atoms with E-state index in [9.17, 15) is 5.11 Å². The van der Waals surface area contributed by atoms with E-state index in [1.165, 1.54) is 22.3 Å². The number of phenolic OH excluding ortho intramolecular Hbond substituents is 1. The molecular formula is C54H77O4P. The largest absolute Gasteiger partial charge is 0.507 e. The van der Waals surface area contributed by atoms with Gasteiger partial charge in [0.05, 0.1) is 0 Å². The molecule has 0 spiro atoms. The highest BCUT2D eigenvalue weighted by atomic mass is 31.1. The fourth-order valence-electron chi connectivity index (χ4n) is 7.89. The summed E-state index contributed by atoms with van der Waals surface area (Å²) >= 11 is 0. The number of hydrogen-bond acceptors (Lipinski definition) is 4. The molecule has 0 aliphatic heterocycles. The third-order valence-electron chi connectivity index (χ3n) is 13.9. The number of hydrogen-bond donors (Lipinski definition) is 1. The van der Waals surface area contributed by atoms with E-state index in [1.54, 1.807) is 0 Å². The van der Waals surface area contributed by atoms with E-state index >= 15 is 0 Å². The van der Waals surface area contributed by atoms with Gasteiger partial charge in [0.25, 0.3) is 0 Å². The highest BCUT2D eigenvalue weighted by molar-refractivity contribution is 7.32. The number of aryl methyl sites for hydroxylation is 2. The van der Waals surface area contributed by atoms with Crippen LogP contribution in [0.4, 0.5) is 0 Å². The first-order chi connectivity index (χ1) is 27.0. The first kappa shape index (κ1) is 46.4. The summed E-state index contributed by atoms with van der Waals surface area (Å²) in [5, 5.41) is 14.3. The highest BCUT2D eigenvalue weighted by Crippen LogP contribution is 2.52. The van der Waals surface area contributed by atoms with Crippen molar-refractivity contribution >= 4 is 30.2 Å². The standard InChI is InChI=1S/C54H77O4P/c1-21-51(13,14)35-29-39-40-30-36(52(15,16)22-2)32-44(54(19,20)24-4)48(40)58-59(57-47(39)43(31-35)53(17,18)23-3)56-46-38(26-34(6)28-42(46)50(10,11)12)37-25-33(5)27-41(45(37)55)49(7,8)9/h25-32,55H,21-24H2,1-20H3. The van der Waals surface area contributed by atoms with Gasteiger partial charge in [-0.05, 0) is 119 Å². The van der Waals surface area contributed by atoms with Crippen LogP contribution in [0.2, 0.25) is 0 Å². The smallest absolute Gasteiger partial charge is 0.453 e. The lowest BCUT2D eigenvalue weighted by Crippen LogP contribution is -2.21. The number of fused-ring (bicyclic) bond motifs is 3. The Morgan fingerprint density at radius 2 is 0.847 bits per heavy atom. The fourth-order valence-corrected chi connectivity index (χ4v) is 9.04. The van der Waals surface area contributed by atoms with Crippen molar-refractivity contribution in [1.29, 1.82) is 0 Å². The third-order valence-corrected chi connectivity index (χ3v) is 14.9. The zero-order valence-electron chi connectivity index (χ0n) is 40.6. The van der Waals surface area contributed by atoms with Crippen molar-refractivity contribution < 1.29 is 18.0 Å². The lowest BCUT2D eigenvalue weighted by atomic mass is 9.74. The molecule has 5 rings (SSSR count). The van der Waals surface area contributed by atoms with Crippen molar-refractivity contribution in [1.82, 2.24) is 0 Å². The molecule has 0 aliphatic carbocycles. The van der Waals surface area contributed by atoms with Crippen LogP contribution in [0.25, 0.3) is 33.1 Å². The van der Waals surface area contributed by atoms with Crippen LogP contribution in [0.1, 0.15) is 195 Å². The predicted molar refractivity (Wildman–Crippen MR) is 256 cm³/mol. The van der Waals surface area contributed by atoms with Crippen LogP contribution >= 0.6 is 8.24 Å². The molecule has 0 saturated carbocycles. The van der Waals surface area contributed by atoms with Crippen LogP contribution in [0.15, 0.2) is 56.9 Å². The Labute approximate surface area is 359 Å². The molecule has 322 valence electrons. The average molecular weight is 821 g/mol. The Hall–Kier alpha value is -3.62. The molecule has 59 heavy (non-hydrogen) atoms. The van der Waals surface area contributed by atoms with Crippen LogP contribution in [-0.2, 0) is 32.5 Å². The maximum Gasteiger partial charge on any atom is 0.453 e. The number of rotatable bonds is 11. The zero-order valence-corrected chi connectivity index (χ0v) is 41.5. The van der Waals surface area contributed by atoms with E-state index in [4.69, 9.17) is 12.9 Å². The molecule has 0 aliphatic rings. The molecule has 0 radical (unpaired) electrons. The minimum absolute atomic E-state index is 0.0614. The number of phenols is 1. The van der Waals surface area contributed by atoms with Gasteiger partial charge in [0, 0.05) is 44.2 Å². The molecule has 0 unspecified atom stereocenters. The second-order valence-corrected chi connectivity index (χ2v) is 23.1. The molecule has 5 heteroatoms. The summed E-state index contributed by atoms with van der Waals surface area (Å²) < 4.78 is 22.2. The Kier molecular flexibility index (Phi) is 12.6. The van der Waals surface area contributed by atoms with Gasteiger partial charge < -0.3 is 18.0 Å². The Balaban J connectivity index is 2.09. The van der Waals surface area contributed by atoms with E-state index in [-0.39, 0.29) is 38.2 Å². The lowest BCUT2D eigenvalue weighted by Gasteiger charge is -2.30. The minimum atomic E-state index is -2.08. The van der Waals surface area contributed by atoms with Crippen LogP contribution in [0, 0.1) is 13.8 Å². The van der Waals surface area contributed by atoms with Gasteiger partial charge in [-0.3, -0.25) is 0 Å². The lowest BCUT2D eigenvalue weighted by molar-refractivity contribution is 0.446. The highest BCUT2D eigenvalue weighted by Gasteiger charge is 2.33. The second kappa shape index (κ2) is 16.0. The monoisotopic (exact) mass is 821 g/mol. The molecule has 0 atom stereocenters. The molecule has 1 aromatic heterocycles. The molecule has 0 saturated heterocycles. The third kappa shape index (κ3) is 9.05. The summed E-state index contributed by atoms with van der Waals surface area (Å²) in [4.78, 5) is 0. The molecule has 0 fully saturated rings. The quantitative estimate of drug-likeness (QED) is 0.144. The summed E-state index contributed by atoms with van der Waals surface area (Å²) in [7, 11) is -2.08. The van der Waals surface area contributed by atoms with Crippen molar-refractivity contribution in [2.45, 2.75) is 197 Å². The van der Waals surface area contributed by atoms with Crippen molar-refractivity contribution in [2.24, 2.45) is 0 Å². The molecule has 1 heterocycles. The van der Waals surface area contributed by atoms with Gasteiger partial charge in [-0.15, -0.1) is 0 Å². The van der Waals surface area contributed by atoms with E-state index in [1.807, 2.05) is 0 Å². The van der Waals surface area contributed by atoms with Crippen molar-refractivity contribution in [3.63, 3.8) is 0 Å². The first-order valence-corrected chi connectivity index (χ1v) is 23.3. The molecule has 0 bridgehead atoms. The summed E-state index contributed by atoms with van der Waals surface area (Å²) in [6.45, 7) is 45.2. The van der Waals surface area contributed by atoms with Crippen LogP contribution in [0.5, 0.6) is 11.5 Å². The van der Waals surface area contributed by atoms with E-state index < -0.39 is 8.24 Å². The summed E-state index contributed by atoms with van der Waals surface area (Å²) in [5.41, 5.74) is 11.2. The maximum absolute atomic E-state index is 12.1. The van der Waals surface area contributed by atoms with Gasteiger partial charge in [0.2, 0.25) is 0 Å². The Bertz CT molecular complexity index is 2310. The van der Waals surface area contributed by atoms with Gasteiger partial charge in [-0.25, -0.2) is 0 Å². The van der Waals surface area contributed by atoms with E-state index in [0.717, 1.165) is 81.0 Å². The van der Waals surface area contributed by atoms with Crippen molar-refractivity contribution in [3.8, 4) is 22.6 Å². The van der Waals surface area contributed by atoms with Gasteiger partial charge in [-0.2, -0.15) is 0 Å². The summed E-state index contributed by atoms with van der Waals surface area (Å²) in [5.74, 6) is 0.959. The zero-order chi connectivity index (χ0) is 44.4. The molecule has 0 amide bonds. The van der Waals surface area contributed by atoms with Gasteiger partial charge in [0.1, 0.15) is 22.7 Å². The van der Waals surface area contributed by atoms with Gasteiger partial charge >= 0.3 is 8.24 Å². The SMILES string of the molecule is CCC(C)(C)c1cc(C(C)(C)CC)c2op(Oc3c(-c4cc(C)cc(C(C)(C)C)c4O)cc(C)cc3C(C)(C)C)oc3c(C(C)(C)CC)cc(C(C)(C)CC)cc3c2c1.